The first kappa shape index (κ1) is 10.9. The van der Waals surface area contributed by atoms with Crippen LogP contribution in [0.25, 0.3) is 5.57 Å². The van der Waals surface area contributed by atoms with Gasteiger partial charge in [-0.1, -0.05) is 18.2 Å². The number of hydrogen-bond donors (Lipinski definition) is 1. The van der Waals surface area contributed by atoms with Crippen LogP contribution in [-0.4, -0.2) is 11.1 Å². The van der Waals surface area contributed by atoms with E-state index >= 15 is 0 Å². The molecule has 2 rings (SSSR count). The molecule has 1 aliphatic carbocycles. The Morgan fingerprint density at radius 2 is 1.94 bits per heavy atom. The molecule has 0 aromatic heterocycles. The van der Waals surface area contributed by atoms with E-state index in [2.05, 4.69) is 12.1 Å². The Morgan fingerprint density at radius 1 is 1.25 bits per heavy atom. The third-order valence-corrected chi connectivity index (χ3v) is 3.14. The molecule has 2 heteroatoms. The maximum absolute atomic E-state index is 10.6. The van der Waals surface area contributed by atoms with Crippen LogP contribution >= 0.6 is 0 Å². The van der Waals surface area contributed by atoms with Crippen LogP contribution in [0.1, 0.15) is 36.5 Å². The largest absolute Gasteiger partial charge is 0.478 e. The average Bonchev–Trinajstić information content (AvgIpc) is 2.27. The summed E-state index contributed by atoms with van der Waals surface area (Å²) in [6, 6.07) is 6.31. The van der Waals surface area contributed by atoms with Gasteiger partial charge in [-0.15, -0.1) is 0 Å². The smallest absolute Gasteiger partial charge is 0.328 e. The van der Waals surface area contributed by atoms with Gasteiger partial charge in [-0.3, -0.25) is 0 Å². The number of benzene rings is 1. The van der Waals surface area contributed by atoms with Gasteiger partial charge in [-0.2, -0.15) is 0 Å². The fourth-order valence-electron chi connectivity index (χ4n) is 2.25. The number of carboxylic acids is 1. The van der Waals surface area contributed by atoms with Gasteiger partial charge < -0.3 is 5.11 Å². The molecule has 1 aliphatic rings. The van der Waals surface area contributed by atoms with Gasteiger partial charge in [-0.05, 0) is 54.9 Å². The molecule has 84 valence electrons. The Bertz CT molecular complexity index is 444. The van der Waals surface area contributed by atoms with Crippen LogP contribution in [0, 0.1) is 0 Å². The Hall–Kier alpha value is -1.57. The first-order valence-electron chi connectivity index (χ1n) is 5.70. The normalized spacial score (nSPS) is 15.7. The minimum absolute atomic E-state index is 0.820. The zero-order chi connectivity index (χ0) is 11.5. The van der Waals surface area contributed by atoms with Crippen molar-refractivity contribution in [3.8, 4) is 0 Å². The van der Waals surface area contributed by atoms with Crippen molar-refractivity contribution in [2.24, 2.45) is 0 Å². The van der Waals surface area contributed by atoms with Gasteiger partial charge in [0.15, 0.2) is 0 Å². The molecule has 1 N–H and O–H groups in total. The van der Waals surface area contributed by atoms with E-state index in [0.29, 0.717) is 0 Å². The molecule has 0 heterocycles. The summed E-state index contributed by atoms with van der Waals surface area (Å²) in [5.74, 6) is -0.879. The second-order valence-electron chi connectivity index (χ2n) is 4.36. The predicted molar refractivity (Wildman–Crippen MR) is 64.4 cm³/mol. The standard InChI is InChI=1S/C14H16O2/c1-10(8-14(15)16)12-7-6-11-4-2-3-5-13(11)9-12/h6-9H,2-5H2,1H3,(H,15,16)/b10-8+. The molecule has 2 nitrogen and oxygen atoms in total. The highest BCUT2D eigenvalue weighted by atomic mass is 16.4. The molecule has 16 heavy (non-hydrogen) atoms. The number of carboxylic acid groups (broad SMARTS) is 1. The highest BCUT2D eigenvalue weighted by Gasteiger charge is 2.10. The Kier molecular flexibility index (Phi) is 3.09. The second-order valence-corrected chi connectivity index (χ2v) is 4.36. The lowest BCUT2D eigenvalue weighted by Crippen LogP contribution is -2.03. The number of fused-ring (bicyclic) bond motifs is 1. The molecule has 0 amide bonds. The fraction of sp³-hybridized carbons (Fsp3) is 0.357. The van der Waals surface area contributed by atoms with Gasteiger partial charge >= 0.3 is 5.97 Å². The molecule has 0 saturated heterocycles. The highest BCUT2D eigenvalue weighted by molar-refractivity contribution is 5.89. The summed E-state index contributed by atoms with van der Waals surface area (Å²) < 4.78 is 0. The van der Waals surface area contributed by atoms with Gasteiger partial charge in [0.2, 0.25) is 0 Å². The average molecular weight is 216 g/mol. The monoisotopic (exact) mass is 216 g/mol. The molecular formula is C14H16O2. The quantitative estimate of drug-likeness (QED) is 0.771. The summed E-state index contributed by atoms with van der Waals surface area (Å²) in [5, 5.41) is 8.71. The lowest BCUT2D eigenvalue weighted by atomic mass is 9.89. The molecule has 1 aromatic carbocycles. The lowest BCUT2D eigenvalue weighted by Gasteiger charge is -2.16. The topological polar surface area (TPSA) is 37.3 Å². The van der Waals surface area contributed by atoms with Gasteiger partial charge in [0.05, 0.1) is 0 Å². The van der Waals surface area contributed by atoms with E-state index < -0.39 is 5.97 Å². The molecule has 0 spiro atoms. The molecule has 0 atom stereocenters. The third-order valence-electron chi connectivity index (χ3n) is 3.14. The summed E-state index contributed by atoms with van der Waals surface area (Å²) in [7, 11) is 0. The zero-order valence-corrected chi connectivity index (χ0v) is 9.49. The number of aryl methyl sites for hydroxylation is 2. The number of carbonyl (C=O) groups is 1. The molecule has 0 saturated carbocycles. The minimum atomic E-state index is -0.879. The minimum Gasteiger partial charge on any atom is -0.478 e. The van der Waals surface area contributed by atoms with Crippen molar-refractivity contribution < 1.29 is 9.90 Å². The number of allylic oxidation sites excluding steroid dienone is 1. The number of rotatable bonds is 2. The fourth-order valence-corrected chi connectivity index (χ4v) is 2.25. The van der Waals surface area contributed by atoms with Crippen molar-refractivity contribution in [1.82, 2.24) is 0 Å². The second kappa shape index (κ2) is 4.52. The summed E-state index contributed by atoms with van der Waals surface area (Å²) in [4.78, 5) is 10.6. The molecule has 0 aliphatic heterocycles. The van der Waals surface area contributed by atoms with Crippen LogP contribution in [0.3, 0.4) is 0 Å². The Morgan fingerprint density at radius 3 is 2.62 bits per heavy atom. The van der Waals surface area contributed by atoms with Gasteiger partial charge in [-0.25, -0.2) is 4.79 Å². The molecule has 0 unspecified atom stereocenters. The van der Waals surface area contributed by atoms with E-state index in [9.17, 15) is 4.79 Å². The first-order valence-corrected chi connectivity index (χ1v) is 5.70. The van der Waals surface area contributed by atoms with Gasteiger partial charge in [0, 0.05) is 6.08 Å². The SMILES string of the molecule is C/C(=C\C(=O)O)c1ccc2c(c1)CCCC2. The van der Waals surface area contributed by atoms with E-state index in [1.807, 2.05) is 13.0 Å². The van der Waals surface area contributed by atoms with Crippen molar-refractivity contribution in [3.05, 3.63) is 41.0 Å². The summed E-state index contributed by atoms with van der Waals surface area (Å²) >= 11 is 0. The van der Waals surface area contributed by atoms with E-state index in [4.69, 9.17) is 5.11 Å². The Labute approximate surface area is 95.6 Å². The summed E-state index contributed by atoms with van der Waals surface area (Å²) in [5.41, 5.74) is 4.67. The van der Waals surface area contributed by atoms with Crippen LogP contribution in [0.5, 0.6) is 0 Å². The number of hydrogen-bond acceptors (Lipinski definition) is 1. The van der Waals surface area contributed by atoms with Crippen molar-refractivity contribution in [3.63, 3.8) is 0 Å². The van der Waals surface area contributed by atoms with Crippen LogP contribution in [0.4, 0.5) is 0 Å². The van der Waals surface area contributed by atoms with Crippen LogP contribution in [-0.2, 0) is 17.6 Å². The van der Waals surface area contributed by atoms with E-state index in [0.717, 1.165) is 24.0 Å². The zero-order valence-electron chi connectivity index (χ0n) is 9.49. The number of aliphatic carboxylic acids is 1. The molecular weight excluding hydrogens is 200 g/mol. The van der Waals surface area contributed by atoms with E-state index in [1.54, 1.807) is 0 Å². The summed E-state index contributed by atoms with van der Waals surface area (Å²) in [6.45, 7) is 1.85. The maximum Gasteiger partial charge on any atom is 0.328 e. The maximum atomic E-state index is 10.6. The molecule has 0 bridgehead atoms. The van der Waals surface area contributed by atoms with Crippen LogP contribution in [0.2, 0.25) is 0 Å². The van der Waals surface area contributed by atoms with Crippen molar-refractivity contribution in [2.75, 3.05) is 0 Å². The van der Waals surface area contributed by atoms with Crippen molar-refractivity contribution in [2.45, 2.75) is 32.6 Å². The van der Waals surface area contributed by atoms with Gasteiger partial charge in [0.25, 0.3) is 0 Å². The van der Waals surface area contributed by atoms with Crippen molar-refractivity contribution in [1.29, 1.82) is 0 Å². The van der Waals surface area contributed by atoms with E-state index in [-0.39, 0.29) is 0 Å². The molecule has 1 aromatic rings. The van der Waals surface area contributed by atoms with Crippen molar-refractivity contribution >= 4 is 11.5 Å². The molecule has 0 fully saturated rings. The Balaban J connectivity index is 2.33. The van der Waals surface area contributed by atoms with Gasteiger partial charge in [0.1, 0.15) is 0 Å². The summed E-state index contributed by atoms with van der Waals surface area (Å²) in [6.07, 6.45) is 6.08. The predicted octanol–water partition coefficient (Wildman–Crippen LogP) is 3.05. The van der Waals surface area contributed by atoms with Crippen LogP contribution < -0.4 is 0 Å². The third kappa shape index (κ3) is 2.32. The highest BCUT2D eigenvalue weighted by Crippen LogP contribution is 2.25. The molecule has 0 radical (unpaired) electrons. The lowest BCUT2D eigenvalue weighted by molar-refractivity contribution is -0.131. The first-order chi connectivity index (χ1) is 7.66. The van der Waals surface area contributed by atoms with Crippen LogP contribution in [0.15, 0.2) is 24.3 Å². The van der Waals surface area contributed by atoms with E-state index in [1.165, 1.54) is 30.0 Å².